The van der Waals surface area contributed by atoms with Gasteiger partial charge in [0, 0.05) is 13.0 Å². The van der Waals surface area contributed by atoms with Crippen LogP contribution in [0.15, 0.2) is 12.2 Å². The predicted octanol–water partition coefficient (Wildman–Crippen LogP) is 10.9. The fraction of sp³-hybridized carbons (Fsp3) is 0.867. The molecule has 0 aliphatic heterocycles. The first-order valence-corrected chi connectivity index (χ1v) is 20.2. The summed E-state index contributed by atoms with van der Waals surface area (Å²) in [6, 6.07) is -0.154. The average molecular weight is 671 g/mol. The van der Waals surface area contributed by atoms with Gasteiger partial charge >= 0.3 is 23.9 Å². The highest BCUT2D eigenvalue weighted by atomic mass is 28.4. The third kappa shape index (κ3) is 11.1. The number of alkyl halides is 9. The van der Waals surface area contributed by atoms with Gasteiger partial charge in [-0.1, -0.05) is 86.4 Å². The van der Waals surface area contributed by atoms with Crippen LogP contribution in [0.25, 0.3) is 0 Å². The van der Waals surface area contributed by atoms with Gasteiger partial charge in [0.1, 0.15) is 14.2 Å². The summed E-state index contributed by atoms with van der Waals surface area (Å²) in [5, 5.41) is 8.87. The third-order valence-corrected chi connectivity index (χ3v) is 18.8. The minimum Gasteiger partial charge on any atom is -0.399 e. The maximum Gasteiger partial charge on any atom is 0.460 e. The second-order valence-electron chi connectivity index (χ2n) is 13.5. The van der Waals surface area contributed by atoms with Gasteiger partial charge in [-0.3, -0.25) is 0 Å². The van der Waals surface area contributed by atoms with Crippen molar-refractivity contribution in [1.82, 2.24) is 0 Å². The fourth-order valence-electron chi connectivity index (χ4n) is 4.47. The molecule has 2 nitrogen and oxygen atoms in total. The first kappa shape index (κ1) is 42.0. The molecular formula is C30H51F9O2Si2. The predicted molar refractivity (Wildman–Crippen MR) is 160 cm³/mol. The Morgan fingerprint density at radius 1 is 0.767 bits per heavy atom. The number of allylic oxidation sites excluding steroid dienone is 1. The van der Waals surface area contributed by atoms with Gasteiger partial charge < -0.3 is 9.53 Å². The molecule has 0 unspecified atom stereocenters. The van der Waals surface area contributed by atoms with E-state index in [0.717, 1.165) is 19.3 Å². The van der Waals surface area contributed by atoms with E-state index in [1.54, 1.807) is 33.8 Å². The second kappa shape index (κ2) is 16.0. The lowest BCUT2D eigenvalue weighted by Crippen LogP contribution is -2.60. The van der Waals surface area contributed by atoms with E-state index in [2.05, 4.69) is 45.3 Å². The van der Waals surface area contributed by atoms with Crippen molar-refractivity contribution < 1.29 is 49.0 Å². The number of aliphatic hydroxyl groups excluding tert-OH is 1. The molecule has 0 heterocycles. The van der Waals surface area contributed by atoms with Crippen molar-refractivity contribution in [3.8, 4) is 11.5 Å². The summed E-state index contributed by atoms with van der Waals surface area (Å²) in [7, 11) is -5.24. The highest BCUT2D eigenvalue weighted by Crippen LogP contribution is 2.54. The van der Waals surface area contributed by atoms with E-state index in [9.17, 15) is 39.5 Å². The molecule has 0 rings (SSSR count). The van der Waals surface area contributed by atoms with E-state index in [0.29, 0.717) is 12.8 Å². The van der Waals surface area contributed by atoms with Crippen LogP contribution in [0.5, 0.6) is 0 Å². The van der Waals surface area contributed by atoms with Gasteiger partial charge in [0.15, 0.2) is 8.32 Å². The minimum absolute atomic E-state index is 0.0686. The van der Waals surface area contributed by atoms with Crippen LogP contribution in [-0.4, -0.2) is 58.2 Å². The molecule has 0 saturated carbocycles. The van der Waals surface area contributed by atoms with Crippen molar-refractivity contribution in [3.63, 3.8) is 0 Å². The quantitative estimate of drug-likeness (QED) is 0.0549. The molecule has 0 aliphatic rings. The number of hydrogen-bond donors (Lipinski definition) is 1. The largest absolute Gasteiger partial charge is 0.460 e. The smallest absolute Gasteiger partial charge is 0.399 e. The van der Waals surface area contributed by atoms with E-state index in [-0.39, 0.29) is 28.8 Å². The standard InChI is InChI=1S/C30H51F9O2Si2/c1-23(2)43(24(3)4,21-16-19-27(31,32)28(33,34)29(35,36)30(37,38)39)41-25(17-14-12-10-11-13-15-20-40)18-22-42(8,9)26(5,6)7/h14,17,23-25,40H,10-13,15-16,19-21H2,1-9H3/b17-14+/t25-/m1/s1. The van der Waals surface area contributed by atoms with Crippen molar-refractivity contribution in [2.75, 3.05) is 6.61 Å². The third-order valence-electron chi connectivity index (χ3n) is 8.56. The number of unbranched alkanes of at least 4 members (excludes halogenated alkanes) is 4. The van der Waals surface area contributed by atoms with Gasteiger partial charge in [0.2, 0.25) is 0 Å². The Bertz CT molecular complexity index is 921. The van der Waals surface area contributed by atoms with Crippen LogP contribution in [0.3, 0.4) is 0 Å². The monoisotopic (exact) mass is 670 g/mol. The molecule has 43 heavy (non-hydrogen) atoms. The Morgan fingerprint density at radius 3 is 1.72 bits per heavy atom. The normalized spacial score (nSPS) is 15.4. The number of aliphatic hydroxyl groups is 1. The molecule has 0 fully saturated rings. The molecule has 0 aromatic rings. The number of halogens is 9. The van der Waals surface area contributed by atoms with E-state index in [4.69, 9.17) is 9.53 Å². The minimum atomic E-state index is -6.89. The molecule has 1 N–H and O–H groups in total. The Balaban J connectivity index is 6.25. The summed E-state index contributed by atoms with van der Waals surface area (Å²) in [5.74, 6) is -15.9. The lowest BCUT2D eigenvalue weighted by Gasteiger charge is -2.41. The highest BCUT2D eigenvalue weighted by molar-refractivity contribution is 6.87. The van der Waals surface area contributed by atoms with Crippen LogP contribution in [-0.2, 0) is 4.43 Å². The summed E-state index contributed by atoms with van der Waals surface area (Å²) < 4.78 is 128. The topological polar surface area (TPSA) is 29.5 Å². The van der Waals surface area contributed by atoms with Crippen molar-refractivity contribution >= 4 is 16.4 Å². The first-order chi connectivity index (χ1) is 19.2. The van der Waals surface area contributed by atoms with E-state index in [1.807, 2.05) is 6.08 Å². The molecule has 0 saturated heterocycles. The molecule has 0 radical (unpaired) electrons. The molecule has 0 spiro atoms. The molecular weight excluding hydrogens is 619 g/mol. The average Bonchev–Trinajstić information content (AvgIpc) is 2.83. The Labute approximate surface area is 254 Å². The molecule has 0 aliphatic carbocycles. The van der Waals surface area contributed by atoms with Gasteiger partial charge in [-0.25, -0.2) is 0 Å². The van der Waals surface area contributed by atoms with Crippen LogP contribution in [0.1, 0.15) is 93.4 Å². The first-order valence-electron chi connectivity index (χ1n) is 14.9. The maximum absolute atomic E-state index is 14.3. The van der Waals surface area contributed by atoms with Crippen LogP contribution in [0.4, 0.5) is 39.5 Å². The van der Waals surface area contributed by atoms with Crippen molar-refractivity contribution in [2.24, 2.45) is 0 Å². The molecule has 0 aromatic heterocycles. The van der Waals surface area contributed by atoms with Crippen molar-refractivity contribution in [1.29, 1.82) is 0 Å². The van der Waals surface area contributed by atoms with E-state index in [1.165, 1.54) is 0 Å². The van der Waals surface area contributed by atoms with Crippen LogP contribution < -0.4 is 0 Å². The Kier molecular flexibility index (Phi) is 15.7. The Hall–Kier alpha value is -0.976. The summed E-state index contributed by atoms with van der Waals surface area (Å²) in [5.41, 5.74) is 2.93. The van der Waals surface area contributed by atoms with E-state index < -0.39 is 59.3 Å². The van der Waals surface area contributed by atoms with Crippen molar-refractivity contribution in [3.05, 3.63) is 12.2 Å². The summed E-state index contributed by atoms with van der Waals surface area (Å²) >= 11 is 0. The summed E-state index contributed by atoms with van der Waals surface area (Å²) in [4.78, 5) is 0. The van der Waals surface area contributed by atoms with Gasteiger partial charge in [0.05, 0.1) is 0 Å². The fourth-order valence-corrected chi connectivity index (χ4v) is 9.83. The lowest BCUT2D eigenvalue weighted by atomic mass is 10.00. The highest BCUT2D eigenvalue weighted by Gasteiger charge is 2.81. The zero-order valence-corrected chi connectivity index (χ0v) is 29.0. The molecule has 254 valence electrons. The maximum atomic E-state index is 14.3. The molecule has 1 atom stereocenters. The molecule has 0 aromatic carbocycles. The van der Waals surface area contributed by atoms with Gasteiger partial charge in [-0.15, -0.1) is 5.54 Å². The van der Waals surface area contributed by atoms with Gasteiger partial charge in [-0.05, 0) is 53.9 Å². The van der Waals surface area contributed by atoms with E-state index >= 15 is 0 Å². The SMILES string of the molecule is CC(C)[Si](CCCC(F)(F)C(F)(F)C(F)(F)C(F)(F)F)(O[C@@H](C#C[Si](C)(C)C(C)(C)C)/C=C/CCCCCCO)C(C)C. The summed E-state index contributed by atoms with van der Waals surface area (Å²) in [6.07, 6.45) is -2.37. The summed E-state index contributed by atoms with van der Waals surface area (Å²) in [6.45, 7) is 17.8. The van der Waals surface area contributed by atoms with Gasteiger partial charge in [-0.2, -0.15) is 39.5 Å². The van der Waals surface area contributed by atoms with Crippen LogP contribution in [0.2, 0.25) is 35.3 Å². The van der Waals surface area contributed by atoms with Gasteiger partial charge in [0.25, 0.3) is 0 Å². The van der Waals surface area contributed by atoms with Crippen LogP contribution >= 0.6 is 0 Å². The van der Waals surface area contributed by atoms with Crippen molar-refractivity contribution in [2.45, 2.75) is 159 Å². The molecule has 0 bridgehead atoms. The second-order valence-corrected chi connectivity index (χ2v) is 23.5. The zero-order valence-electron chi connectivity index (χ0n) is 27.0. The molecule has 0 amide bonds. The van der Waals surface area contributed by atoms with Crippen LogP contribution in [0, 0.1) is 11.5 Å². The Morgan fingerprint density at radius 2 is 1.28 bits per heavy atom. The lowest BCUT2D eigenvalue weighted by molar-refractivity contribution is -0.396. The number of rotatable bonds is 17. The number of hydrogen-bond acceptors (Lipinski definition) is 2. The molecule has 13 heteroatoms. The zero-order chi connectivity index (χ0) is 34.1.